The van der Waals surface area contributed by atoms with Gasteiger partial charge in [-0.15, -0.1) is 0 Å². The van der Waals surface area contributed by atoms with Crippen molar-refractivity contribution in [1.29, 1.82) is 0 Å². The minimum Gasteiger partial charge on any atom is -0.380 e. The zero-order valence-corrected chi connectivity index (χ0v) is 15.1. The average molecular weight is 341 g/mol. The van der Waals surface area contributed by atoms with Gasteiger partial charge in [-0.3, -0.25) is 9.48 Å². The third kappa shape index (κ3) is 4.28. The first-order chi connectivity index (χ1) is 12.2. The van der Waals surface area contributed by atoms with Gasteiger partial charge < -0.3 is 9.64 Å². The van der Waals surface area contributed by atoms with Gasteiger partial charge in [0.15, 0.2) is 0 Å². The van der Waals surface area contributed by atoms with Crippen LogP contribution in [0.5, 0.6) is 0 Å². The van der Waals surface area contributed by atoms with Crippen molar-refractivity contribution < 1.29 is 9.53 Å². The van der Waals surface area contributed by atoms with Crippen molar-refractivity contribution >= 4 is 5.91 Å². The van der Waals surface area contributed by atoms with Gasteiger partial charge in [0.25, 0.3) is 5.91 Å². The molecule has 0 bridgehead atoms. The van der Waals surface area contributed by atoms with Crippen LogP contribution in [0.15, 0.2) is 36.4 Å². The SMILES string of the molecule is CCOCCn1nc(C)cc1C(=O)N1CCCC(c2ccccc2)C1. The molecule has 0 aliphatic carbocycles. The van der Waals surface area contributed by atoms with Crippen molar-refractivity contribution in [2.24, 2.45) is 0 Å². The lowest BCUT2D eigenvalue weighted by Gasteiger charge is -2.33. The number of rotatable bonds is 6. The lowest BCUT2D eigenvalue weighted by atomic mass is 9.90. The monoisotopic (exact) mass is 341 g/mol. The Labute approximate surface area is 149 Å². The third-order valence-electron chi connectivity index (χ3n) is 4.75. The Morgan fingerprint density at radius 1 is 1.32 bits per heavy atom. The Hall–Kier alpha value is -2.14. The number of hydrogen-bond donors (Lipinski definition) is 0. The van der Waals surface area contributed by atoms with E-state index in [4.69, 9.17) is 4.74 Å². The molecule has 0 spiro atoms. The number of nitrogens with zero attached hydrogens (tertiary/aromatic N) is 3. The van der Waals surface area contributed by atoms with Crippen LogP contribution in [0.3, 0.4) is 0 Å². The van der Waals surface area contributed by atoms with Gasteiger partial charge >= 0.3 is 0 Å². The van der Waals surface area contributed by atoms with Crippen LogP contribution in [0.1, 0.15) is 47.4 Å². The van der Waals surface area contributed by atoms with Crippen LogP contribution >= 0.6 is 0 Å². The smallest absolute Gasteiger partial charge is 0.272 e. The predicted molar refractivity (Wildman–Crippen MR) is 97.8 cm³/mol. The maximum absolute atomic E-state index is 13.1. The molecule has 0 radical (unpaired) electrons. The van der Waals surface area contributed by atoms with Gasteiger partial charge in [0, 0.05) is 25.6 Å². The first-order valence-electron chi connectivity index (χ1n) is 9.15. The molecule has 3 rings (SSSR count). The molecule has 0 saturated carbocycles. The van der Waals surface area contributed by atoms with Crippen LogP contribution in [0.25, 0.3) is 0 Å². The number of piperidine rings is 1. The number of likely N-dealkylation sites (tertiary alicyclic amines) is 1. The Morgan fingerprint density at radius 3 is 2.88 bits per heavy atom. The molecule has 1 atom stereocenters. The summed E-state index contributed by atoms with van der Waals surface area (Å²) in [5.74, 6) is 0.498. The van der Waals surface area contributed by atoms with Crippen molar-refractivity contribution in [2.45, 2.75) is 39.2 Å². The molecular weight excluding hydrogens is 314 g/mol. The van der Waals surface area contributed by atoms with Gasteiger partial charge in [-0.2, -0.15) is 5.10 Å². The van der Waals surface area contributed by atoms with Crippen LogP contribution in [0, 0.1) is 6.92 Å². The number of aryl methyl sites for hydroxylation is 1. The first-order valence-corrected chi connectivity index (χ1v) is 9.15. The predicted octanol–water partition coefficient (Wildman–Crippen LogP) is 3.25. The number of amides is 1. The molecule has 1 aliphatic rings. The maximum Gasteiger partial charge on any atom is 0.272 e. The third-order valence-corrected chi connectivity index (χ3v) is 4.75. The number of hydrogen-bond acceptors (Lipinski definition) is 3. The molecule has 5 nitrogen and oxygen atoms in total. The molecule has 25 heavy (non-hydrogen) atoms. The number of aromatic nitrogens is 2. The second kappa shape index (κ2) is 8.30. The highest BCUT2D eigenvalue weighted by atomic mass is 16.5. The van der Waals surface area contributed by atoms with E-state index >= 15 is 0 Å². The van der Waals surface area contributed by atoms with Crippen molar-refractivity contribution in [3.05, 3.63) is 53.3 Å². The molecule has 1 amide bonds. The van der Waals surface area contributed by atoms with Gasteiger partial charge in [0.2, 0.25) is 0 Å². The van der Waals surface area contributed by atoms with Crippen LogP contribution in [-0.4, -0.2) is 46.9 Å². The standard InChI is InChI=1S/C20H27N3O2/c1-3-25-13-12-23-19(14-16(2)21-23)20(24)22-11-7-10-18(15-22)17-8-5-4-6-9-17/h4-6,8-9,14,18H,3,7,10-13,15H2,1-2H3. The molecule has 1 aromatic heterocycles. The summed E-state index contributed by atoms with van der Waals surface area (Å²) in [4.78, 5) is 15.0. The van der Waals surface area contributed by atoms with E-state index in [0.29, 0.717) is 31.4 Å². The van der Waals surface area contributed by atoms with E-state index in [1.165, 1.54) is 5.56 Å². The molecule has 1 saturated heterocycles. The van der Waals surface area contributed by atoms with E-state index < -0.39 is 0 Å². The number of benzene rings is 1. The van der Waals surface area contributed by atoms with Crippen molar-refractivity contribution in [2.75, 3.05) is 26.3 Å². The van der Waals surface area contributed by atoms with Crippen LogP contribution in [-0.2, 0) is 11.3 Å². The van der Waals surface area contributed by atoms with Crippen LogP contribution < -0.4 is 0 Å². The average Bonchev–Trinajstić information content (AvgIpc) is 3.03. The molecule has 1 unspecified atom stereocenters. The molecule has 2 heterocycles. The van der Waals surface area contributed by atoms with Crippen molar-refractivity contribution in [1.82, 2.24) is 14.7 Å². The second-order valence-corrected chi connectivity index (χ2v) is 6.59. The number of ether oxygens (including phenoxy) is 1. The van der Waals surface area contributed by atoms with E-state index in [1.807, 2.05) is 30.9 Å². The van der Waals surface area contributed by atoms with E-state index in [-0.39, 0.29) is 5.91 Å². The fraction of sp³-hybridized carbons (Fsp3) is 0.500. The van der Waals surface area contributed by atoms with E-state index in [2.05, 4.69) is 29.4 Å². The molecule has 5 heteroatoms. The fourth-order valence-electron chi connectivity index (χ4n) is 3.50. The van der Waals surface area contributed by atoms with E-state index in [1.54, 1.807) is 4.68 Å². The lowest BCUT2D eigenvalue weighted by molar-refractivity contribution is 0.0689. The van der Waals surface area contributed by atoms with Gasteiger partial charge in [-0.25, -0.2) is 0 Å². The summed E-state index contributed by atoms with van der Waals surface area (Å²) in [6.07, 6.45) is 2.17. The Morgan fingerprint density at radius 2 is 2.12 bits per heavy atom. The topological polar surface area (TPSA) is 47.4 Å². The maximum atomic E-state index is 13.1. The van der Waals surface area contributed by atoms with E-state index in [0.717, 1.165) is 31.6 Å². The Bertz CT molecular complexity index is 696. The highest BCUT2D eigenvalue weighted by Gasteiger charge is 2.27. The molecule has 1 fully saturated rings. The fourth-order valence-corrected chi connectivity index (χ4v) is 3.50. The zero-order valence-electron chi connectivity index (χ0n) is 15.1. The quantitative estimate of drug-likeness (QED) is 0.758. The molecule has 1 aromatic carbocycles. The summed E-state index contributed by atoms with van der Waals surface area (Å²) < 4.78 is 7.21. The molecule has 1 aliphatic heterocycles. The van der Waals surface area contributed by atoms with Gasteiger partial charge in [0.1, 0.15) is 5.69 Å². The molecular formula is C20H27N3O2. The van der Waals surface area contributed by atoms with Gasteiger partial charge in [-0.05, 0) is 38.3 Å². The minimum absolute atomic E-state index is 0.0812. The van der Waals surface area contributed by atoms with Crippen LogP contribution in [0.2, 0.25) is 0 Å². The first kappa shape index (κ1) is 17.7. The molecule has 2 aromatic rings. The van der Waals surface area contributed by atoms with Gasteiger partial charge in [-0.1, -0.05) is 30.3 Å². The minimum atomic E-state index is 0.0812. The van der Waals surface area contributed by atoms with E-state index in [9.17, 15) is 4.79 Å². The summed E-state index contributed by atoms with van der Waals surface area (Å²) in [5.41, 5.74) is 2.86. The normalized spacial score (nSPS) is 17.7. The second-order valence-electron chi connectivity index (χ2n) is 6.59. The summed E-state index contributed by atoms with van der Waals surface area (Å²) in [7, 11) is 0. The van der Waals surface area contributed by atoms with Crippen molar-refractivity contribution in [3.63, 3.8) is 0 Å². The molecule has 134 valence electrons. The zero-order chi connectivity index (χ0) is 17.6. The number of carbonyl (C=O) groups is 1. The lowest BCUT2D eigenvalue weighted by Crippen LogP contribution is -2.40. The van der Waals surface area contributed by atoms with Gasteiger partial charge in [0.05, 0.1) is 18.8 Å². The highest BCUT2D eigenvalue weighted by molar-refractivity contribution is 5.92. The number of carbonyl (C=O) groups excluding carboxylic acids is 1. The Kier molecular flexibility index (Phi) is 5.87. The van der Waals surface area contributed by atoms with Crippen molar-refractivity contribution in [3.8, 4) is 0 Å². The summed E-state index contributed by atoms with van der Waals surface area (Å²) in [5, 5.41) is 4.46. The van der Waals surface area contributed by atoms with Crippen LogP contribution in [0.4, 0.5) is 0 Å². The largest absolute Gasteiger partial charge is 0.380 e. The highest BCUT2D eigenvalue weighted by Crippen LogP contribution is 2.27. The summed E-state index contributed by atoms with van der Waals surface area (Å²) >= 11 is 0. The Balaban J connectivity index is 1.72. The summed E-state index contributed by atoms with van der Waals surface area (Å²) in [6, 6.07) is 12.4. The summed E-state index contributed by atoms with van der Waals surface area (Å²) in [6.45, 7) is 7.35. The molecule has 0 N–H and O–H groups in total.